The summed E-state index contributed by atoms with van der Waals surface area (Å²) in [5.41, 5.74) is -0.383. The second-order valence-corrected chi connectivity index (χ2v) is 5.19. The number of unbranched alkanes of at least 4 members (excludes halogenated alkanes) is 1. The van der Waals surface area contributed by atoms with Gasteiger partial charge >= 0.3 is 0 Å². The number of amides is 1. The van der Waals surface area contributed by atoms with E-state index in [1.807, 2.05) is 6.92 Å². The smallest absolute Gasteiger partial charge is 0.227 e. The van der Waals surface area contributed by atoms with E-state index in [1.165, 1.54) is 0 Å². The molecule has 1 amide bonds. The molecule has 0 saturated heterocycles. The highest BCUT2D eigenvalue weighted by Crippen LogP contribution is 2.24. The van der Waals surface area contributed by atoms with Gasteiger partial charge in [-0.15, -0.1) is 0 Å². The lowest BCUT2D eigenvalue weighted by atomic mass is 10.0. The molecule has 0 spiro atoms. The lowest BCUT2D eigenvalue weighted by Crippen LogP contribution is -2.21. The van der Waals surface area contributed by atoms with Gasteiger partial charge in [-0.2, -0.15) is 0 Å². The summed E-state index contributed by atoms with van der Waals surface area (Å²) in [7, 11) is 0. The summed E-state index contributed by atoms with van der Waals surface area (Å²) < 4.78 is 27.3. The average molecular weight is 320 g/mol. The SMILES string of the molecule is CCCCC(C)C(=O)Nc1c(F)cc(Br)cc1F. The van der Waals surface area contributed by atoms with Crippen LogP contribution in [-0.2, 0) is 4.79 Å². The molecule has 0 aliphatic rings. The minimum absolute atomic E-state index is 0.257. The molecule has 0 bridgehead atoms. The Kier molecular flexibility index (Phi) is 5.72. The third-order valence-corrected chi connectivity index (χ3v) is 3.15. The second kappa shape index (κ2) is 6.83. The first kappa shape index (κ1) is 15.1. The Morgan fingerprint density at radius 2 is 1.94 bits per heavy atom. The van der Waals surface area contributed by atoms with E-state index in [-0.39, 0.29) is 17.5 Å². The molecule has 1 aromatic rings. The number of rotatable bonds is 5. The Bertz CT molecular complexity index is 414. The maximum Gasteiger partial charge on any atom is 0.227 e. The van der Waals surface area contributed by atoms with Crippen molar-refractivity contribution in [3.8, 4) is 0 Å². The number of hydrogen-bond donors (Lipinski definition) is 1. The molecule has 0 radical (unpaired) electrons. The zero-order chi connectivity index (χ0) is 13.7. The van der Waals surface area contributed by atoms with Gasteiger partial charge in [0.25, 0.3) is 0 Å². The third-order valence-electron chi connectivity index (χ3n) is 2.69. The number of halogens is 3. The first-order chi connectivity index (χ1) is 8.45. The van der Waals surface area contributed by atoms with Crippen molar-refractivity contribution in [3.05, 3.63) is 28.2 Å². The number of anilines is 1. The Hall–Kier alpha value is -0.970. The first-order valence-electron chi connectivity index (χ1n) is 5.91. The minimum Gasteiger partial charge on any atom is -0.321 e. The molecule has 1 rings (SSSR count). The molecule has 1 unspecified atom stereocenters. The first-order valence-corrected chi connectivity index (χ1v) is 6.70. The fourth-order valence-electron chi connectivity index (χ4n) is 1.55. The van der Waals surface area contributed by atoms with Crippen LogP contribution in [0.5, 0.6) is 0 Å². The molecule has 1 atom stereocenters. The fourth-order valence-corrected chi connectivity index (χ4v) is 1.95. The monoisotopic (exact) mass is 319 g/mol. The minimum atomic E-state index is -0.780. The van der Waals surface area contributed by atoms with Gasteiger partial charge in [-0.1, -0.05) is 42.6 Å². The largest absolute Gasteiger partial charge is 0.321 e. The summed E-state index contributed by atoms with van der Waals surface area (Å²) in [5, 5.41) is 2.30. The van der Waals surface area contributed by atoms with E-state index in [4.69, 9.17) is 0 Å². The van der Waals surface area contributed by atoms with Gasteiger partial charge in [0.1, 0.15) is 5.69 Å². The zero-order valence-electron chi connectivity index (χ0n) is 10.4. The molecule has 0 fully saturated rings. The Morgan fingerprint density at radius 1 is 1.39 bits per heavy atom. The number of carbonyl (C=O) groups is 1. The summed E-state index contributed by atoms with van der Waals surface area (Å²) >= 11 is 2.98. The van der Waals surface area contributed by atoms with Crippen LogP contribution in [0, 0.1) is 17.6 Å². The Balaban J connectivity index is 2.76. The molecule has 100 valence electrons. The summed E-state index contributed by atoms with van der Waals surface area (Å²) in [6.07, 6.45) is 2.61. The van der Waals surface area contributed by atoms with E-state index >= 15 is 0 Å². The van der Waals surface area contributed by atoms with Gasteiger partial charge in [0.15, 0.2) is 11.6 Å². The topological polar surface area (TPSA) is 29.1 Å². The summed E-state index contributed by atoms with van der Waals surface area (Å²) in [5.74, 6) is -2.17. The standard InChI is InChI=1S/C13H16BrF2NO/c1-3-4-5-8(2)13(18)17-12-10(15)6-9(14)7-11(12)16/h6-8H,3-5H2,1-2H3,(H,17,18). The highest BCUT2D eigenvalue weighted by atomic mass is 79.9. The molecule has 0 aliphatic carbocycles. The molecule has 1 N–H and O–H groups in total. The Labute approximate surface area is 114 Å². The molecule has 0 aliphatic heterocycles. The Morgan fingerprint density at radius 3 is 2.44 bits per heavy atom. The molecule has 5 heteroatoms. The van der Waals surface area contributed by atoms with Gasteiger partial charge in [0, 0.05) is 10.4 Å². The zero-order valence-corrected chi connectivity index (χ0v) is 12.0. The van der Waals surface area contributed by atoms with Gasteiger partial charge in [0.05, 0.1) is 0 Å². The van der Waals surface area contributed by atoms with Crippen LogP contribution in [0.15, 0.2) is 16.6 Å². The maximum atomic E-state index is 13.5. The third kappa shape index (κ3) is 4.05. The molecule has 1 aromatic carbocycles. The van der Waals surface area contributed by atoms with Crippen LogP contribution in [0.4, 0.5) is 14.5 Å². The van der Waals surface area contributed by atoms with Crippen molar-refractivity contribution in [1.82, 2.24) is 0 Å². The highest BCUT2D eigenvalue weighted by molar-refractivity contribution is 9.10. The number of nitrogens with one attached hydrogen (secondary N) is 1. The van der Waals surface area contributed by atoms with E-state index < -0.39 is 11.6 Å². The molecule has 0 saturated carbocycles. The van der Waals surface area contributed by atoms with Gasteiger partial charge in [-0.05, 0) is 18.6 Å². The predicted molar refractivity (Wildman–Crippen MR) is 71.4 cm³/mol. The van der Waals surface area contributed by atoms with Crippen molar-refractivity contribution >= 4 is 27.5 Å². The van der Waals surface area contributed by atoms with Crippen LogP contribution in [0.3, 0.4) is 0 Å². The van der Waals surface area contributed by atoms with E-state index in [9.17, 15) is 13.6 Å². The van der Waals surface area contributed by atoms with Crippen LogP contribution in [0.1, 0.15) is 33.1 Å². The van der Waals surface area contributed by atoms with Crippen LogP contribution in [0.2, 0.25) is 0 Å². The van der Waals surface area contributed by atoms with Crippen molar-refractivity contribution in [1.29, 1.82) is 0 Å². The van der Waals surface area contributed by atoms with Gasteiger partial charge in [0.2, 0.25) is 5.91 Å². The molecular weight excluding hydrogens is 304 g/mol. The highest BCUT2D eigenvalue weighted by Gasteiger charge is 2.17. The van der Waals surface area contributed by atoms with E-state index in [0.717, 1.165) is 25.0 Å². The number of hydrogen-bond acceptors (Lipinski definition) is 1. The molecule has 0 heterocycles. The molecule has 0 aromatic heterocycles. The molecule has 18 heavy (non-hydrogen) atoms. The van der Waals surface area contributed by atoms with Crippen molar-refractivity contribution in [2.75, 3.05) is 5.32 Å². The normalized spacial score (nSPS) is 12.3. The van der Waals surface area contributed by atoms with Crippen LogP contribution < -0.4 is 5.32 Å². The summed E-state index contributed by atoms with van der Waals surface area (Å²) in [4.78, 5) is 11.8. The number of benzene rings is 1. The van der Waals surface area contributed by atoms with Crippen molar-refractivity contribution in [3.63, 3.8) is 0 Å². The second-order valence-electron chi connectivity index (χ2n) is 4.28. The van der Waals surface area contributed by atoms with E-state index in [0.29, 0.717) is 10.9 Å². The average Bonchev–Trinajstić information content (AvgIpc) is 2.30. The van der Waals surface area contributed by atoms with Crippen molar-refractivity contribution in [2.24, 2.45) is 5.92 Å². The van der Waals surface area contributed by atoms with Crippen LogP contribution in [-0.4, -0.2) is 5.91 Å². The van der Waals surface area contributed by atoms with E-state index in [2.05, 4.69) is 21.2 Å². The van der Waals surface area contributed by atoms with Crippen LogP contribution in [0.25, 0.3) is 0 Å². The van der Waals surface area contributed by atoms with Gasteiger partial charge < -0.3 is 5.32 Å². The number of carbonyl (C=O) groups excluding carboxylic acids is 1. The van der Waals surface area contributed by atoms with Crippen molar-refractivity contribution < 1.29 is 13.6 Å². The molecular formula is C13H16BrF2NO. The summed E-state index contributed by atoms with van der Waals surface area (Å²) in [6.45, 7) is 3.78. The van der Waals surface area contributed by atoms with Crippen LogP contribution >= 0.6 is 15.9 Å². The van der Waals surface area contributed by atoms with Gasteiger partial charge in [-0.3, -0.25) is 4.79 Å². The quantitative estimate of drug-likeness (QED) is 0.851. The van der Waals surface area contributed by atoms with E-state index in [1.54, 1.807) is 6.92 Å². The lowest BCUT2D eigenvalue weighted by Gasteiger charge is -2.13. The fraction of sp³-hybridized carbons (Fsp3) is 0.462. The predicted octanol–water partition coefficient (Wildman–Crippen LogP) is 4.49. The van der Waals surface area contributed by atoms with Crippen molar-refractivity contribution in [2.45, 2.75) is 33.1 Å². The summed E-state index contributed by atoms with van der Waals surface area (Å²) in [6, 6.07) is 2.24. The van der Waals surface area contributed by atoms with Gasteiger partial charge in [-0.25, -0.2) is 8.78 Å². The molecule has 2 nitrogen and oxygen atoms in total. The maximum absolute atomic E-state index is 13.5. The lowest BCUT2D eigenvalue weighted by molar-refractivity contribution is -0.119.